The second kappa shape index (κ2) is 9.01. The van der Waals surface area contributed by atoms with Crippen LogP contribution in [0.3, 0.4) is 0 Å². The molecule has 0 saturated carbocycles. The van der Waals surface area contributed by atoms with Crippen molar-refractivity contribution in [2.45, 2.75) is 50.3 Å². The van der Waals surface area contributed by atoms with Crippen LogP contribution in [0.1, 0.15) is 50.2 Å². The average molecular weight is 424 g/mol. The van der Waals surface area contributed by atoms with Gasteiger partial charge in [0.25, 0.3) is 15.9 Å². The van der Waals surface area contributed by atoms with Crippen LogP contribution in [-0.4, -0.2) is 43.8 Å². The van der Waals surface area contributed by atoms with Crippen molar-refractivity contribution in [1.29, 1.82) is 0 Å². The smallest absolute Gasteiger partial charge is 0.261 e. The number of thiophene rings is 1. The number of carbonyl (C=O) groups is 1. The predicted molar refractivity (Wildman–Crippen MR) is 108 cm³/mol. The average Bonchev–Trinajstić information content (AvgIpc) is 3.06. The highest BCUT2D eigenvalue weighted by Crippen LogP contribution is 2.29. The first-order valence-electron chi connectivity index (χ1n) is 8.72. The van der Waals surface area contributed by atoms with Crippen LogP contribution in [0.25, 0.3) is 0 Å². The van der Waals surface area contributed by atoms with Gasteiger partial charge >= 0.3 is 0 Å². The first-order valence-corrected chi connectivity index (χ1v) is 11.0. The summed E-state index contributed by atoms with van der Waals surface area (Å²) in [6.45, 7) is 9.43. The molecular weight excluding hydrogens is 394 g/mol. The largest absolute Gasteiger partial charge is 0.345 e. The summed E-state index contributed by atoms with van der Waals surface area (Å²) in [5.41, 5.74) is 5.28. The third kappa shape index (κ3) is 4.98. The van der Waals surface area contributed by atoms with Crippen LogP contribution in [0.4, 0.5) is 0 Å². The highest BCUT2D eigenvalue weighted by Gasteiger charge is 2.32. The van der Waals surface area contributed by atoms with E-state index < -0.39 is 15.6 Å². The van der Waals surface area contributed by atoms with Gasteiger partial charge in [-0.15, -0.1) is 23.7 Å². The first kappa shape index (κ1) is 23.4. The molecule has 0 bridgehead atoms. The van der Waals surface area contributed by atoms with Gasteiger partial charge in [0.2, 0.25) is 0 Å². The summed E-state index contributed by atoms with van der Waals surface area (Å²) in [6, 6.07) is 3.11. The minimum atomic E-state index is -3.52. The third-order valence-electron chi connectivity index (χ3n) is 5.24. The SMILES string of the molecule is CC1CCN(S(=O)(=O)c2ccc(C(=O)NC(C)(CN)C(C)C)s2)CC1.Cl. The number of nitrogens with one attached hydrogen (secondary N) is 1. The fourth-order valence-electron chi connectivity index (χ4n) is 2.69. The van der Waals surface area contributed by atoms with E-state index in [-0.39, 0.29) is 28.4 Å². The van der Waals surface area contributed by atoms with E-state index in [1.165, 1.54) is 10.4 Å². The molecule has 6 nitrogen and oxygen atoms in total. The Morgan fingerprint density at radius 2 is 1.96 bits per heavy atom. The van der Waals surface area contributed by atoms with E-state index >= 15 is 0 Å². The van der Waals surface area contributed by atoms with Gasteiger partial charge in [0, 0.05) is 19.6 Å². The summed E-state index contributed by atoms with van der Waals surface area (Å²) in [6.07, 6.45) is 1.75. The van der Waals surface area contributed by atoms with Crippen LogP contribution in [0.5, 0.6) is 0 Å². The minimum absolute atomic E-state index is 0. The minimum Gasteiger partial charge on any atom is -0.345 e. The number of hydrogen-bond donors (Lipinski definition) is 2. The zero-order chi connectivity index (χ0) is 18.8. The number of halogens is 1. The lowest BCUT2D eigenvalue weighted by atomic mass is 9.88. The maximum atomic E-state index is 12.8. The highest BCUT2D eigenvalue weighted by atomic mass is 35.5. The fraction of sp³-hybridized carbons (Fsp3) is 0.706. The van der Waals surface area contributed by atoms with Crippen LogP contribution in [0.2, 0.25) is 0 Å². The molecule has 1 unspecified atom stereocenters. The number of nitrogens with two attached hydrogens (primary N) is 1. The second-order valence-electron chi connectivity index (χ2n) is 7.44. The van der Waals surface area contributed by atoms with E-state index in [0.29, 0.717) is 30.4 Å². The summed E-state index contributed by atoms with van der Waals surface area (Å²) in [4.78, 5) is 12.9. The molecule has 0 spiro atoms. The summed E-state index contributed by atoms with van der Waals surface area (Å²) >= 11 is 1.02. The van der Waals surface area contributed by atoms with Gasteiger partial charge in [-0.1, -0.05) is 20.8 Å². The number of sulfonamides is 1. The van der Waals surface area contributed by atoms with E-state index in [1.54, 1.807) is 6.07 Å². The molecule has 2 heterocycles. The molecule has 150 valence electrons. The third-order valence-corrected chi connectivity index (χ3v) is 8.69. The second-order valence-corrected chi connectivity index (χ2v) is 10.7. The van der Waals surface area contributed by atoms with Gasteiger partial charge in [-0.05, 0) is 43.7 Å². The van der Waals surface area contributed by atoms with Crippen molar-refractivity contribution in [2.24, 2.45) is 17.6 Å². The topological polar surface area (TPSA) is 92.5 Å². The first-order chi connectivity index (χ1) is 11.6. The molecule has 1 fully saturated rings. The maximum Gasteiger partial charge on any atom is 0.261 e. The lowest BCUT2D eigenvalue weighted by molar-refractivity contribution is 0.0887. The normalized spacial score (nSPS) is 19.0. The van der Waals surface area contributed by atoms with Crippen LogP contribution in [-0.2, 0) is 10.0 Å². The summed E-state index contributed by atoms with van der Waals surface area (Å²) in [7, 11) is -3.52. The summed E-state index contributed by atoms with van der Waals surface area (Å²) in [5.74, 6) is 0.446. The molecule has 26 heavy (non-hydrogen) atoms. The van der Waals surface area contributed by atoms with Crippen LogP contribution < -0.4 is 11.1 Å². The quantitative estimate of drug-likeness (QED) is 0.735. The van der Waals surface area contributed by atoms with E-state index in [9.17, 15) is 13.2 Å². The molecular formula is C17H30ClN3O3S2. The van der Waals surface area contributed by atoms with Crippen molar-refractivity contribution >= 4 is 39.7 Å². The summed E-state index contributed by atoms with van der Waals surface area (Å²) in [5, 5.41) is 2.95. The van der Waals surface area contributed by atoms with Gasteiger partial charge in [-0.3, -0.25) is 4.79 Å². The van der Waals surface area contributed by atoms with E-state index in [0.717, 1.165) is 24.2 Å². The number of amides is 1. The molecule has 3 N–H and O–H groups in total. The zero-order valence-corrected chi connectivity index (χ0v) is 18.3. The number of nitrogens with zero attached hydrogens (tertiary/aromatic N) is 1. The standard InChI is InChI=1S/C17H29N3O3S2.ClH/c1-12(2)17(4,11-18)19-16(21)14-5-6-15(24-14)25(22,23)20-9-7-13(3)8-10-20;/h5-6,12-13H,7-11,18H2,1-4H3,(H,19,21);1H. The molecule has 9 heteroatoms. The monoisotopic (exact) mass is 423 g/mol. The lowest BCUT2D eigenvalue weighted by Gasteiger charge is -2.33. The Bertz CT molecular complexity index is 713. The van der Waals surface area contributed by atoms with Gasteiger partial charge in [0.05, 0.1) is 10.4 Å². The highest BCUT2D eigenvalue weighted by molar-refractivity contribution is 7.91. The van der Waals surface area contributed by atoms with Gasteiger partial charge in [-0.25, -0.2) is 8.42 Å². The number of piperidine rings is 1. The molecule has 1 saturated heterocycles. The van der Waals surface area contributed by atoms with E-state index in [2.05, 4.69) is 12.2 Å². The molecule has 0 radical (unpaired) electrons. The van der Waals surface area contributed by atoms with Crippen molar-refractivity contribution in [3.8, 4) is 0 Å². The molecule has 1 aliphatic rings. The lowest BCUT2D eigenvalue weighted by Crippen LogP contribution is -2.54. The summed E-state index contributed by atoms with van der Waals surface area (Å²) < 4.78 is 27.3. The number of hydrogen-bond acceptors (Lipinski definition) is 5. The molecule has 1 aliphatic heterocycles. The van der Waals surface area contributed by atoms with Crippen molar-refractivity contribution in [1.82, 2.24) is 9.62 Å². The molecule has 1 aromatic rings. The Morgan fingerprint density at radius 3 is 2.46 bits per heavy atom. The zero-order valence-electron chi connectivity index (χ0n) is 15.8. The predicted octanol–water partition coefficient (Wildman–Crippen LogP) is 2.69. The van der Waals surface area contributed by atoms with Crippen LogP contribution in [0.15, 0.2) is 16.3 Å². The van der Waals surface area contributed by atoms with Crippen LogP contribution >= 0.6 is 23.7 Å². The molecule has 0 aliphatic carbocycles. The number of rotatable bonds is 6. The molecule has 1 aromatic heterocycles. The number of carbonyl (C=O) groups excluding carboxylic acids is 1. The van der Waals surface area contributed by atoms with Crippen molar-refractivity contribution in [2.75, 3.05) is 19.6 Å². The molecule has 1 atom stereocenters. The van der Waals surface area contributed by atoms with E-state index in [1.807, 2.05) is 20.8 Å². The van der Waals surface area contributed by atoms with Gasteiger partial charge in [0.1, 0.15) is 4.21 Å². The Kier molecular flexibility index (Phi) is 8.10. The van der Waals surface area contributed by atoms with E-state index in [4.69, 9.17) is 5.73 Å². The van der Waals surface area contributed by atoms with Crippen molar-refractivity contribution in [3.63, 3.8) is 0 Å². The maximum absolute atomic E-state index is 12.8. The Morgan fingerprint density at radius 1 is 1.38 bits per heavy atom. The molecule has 1 amide bonds. The Hall–Kier alpha value is -0.670. The van der Waals surface area contributed by atoms with Gasteiger partial charge in [0.15, 0.2) is 0 Å². The fourth-order valence-corrected chi connectivity index (χ4v) is 5.51. The molecule has 0 aromatic carbocycles. The Balaban J connectivity index is 0.00000338. The molecule has 2 rings (SSSR count). The van der Waals surface area contributed by atoms with Crippen molar-refractivity contribution < 1.29 is 13.2 Å². The Labute approximate surface area is 167 Å². The van der Waals surface area contributed by atoms with Gasteiger partial charge in [-0.2, -0.15) is 4.31 Å². The van der Waals surface area contributed by atoms with Crippen molar-refractivity contribution in [3.05, 3.63) is 17.0 Å². The van der Waals surface area contributed by atoms with Gasteiger partial charge < -0.3 is 11.1 Å². The van der Waals surface area contributed by atoms with Crippen LogP contribution in [0, 0.1) is 11.8 Å².